The minimum atomic E-state index is -0.510. The number of hydrogen-bond donors (Lipinski definition) is 1. The maximum atomic E-state index is 12.1. The lowest BCUT2D eigenvalue weighted by Crippen LogP contribution is -2.45. The van der Waals surface area contributed by atoms with Crippen molar-refractivity contribution < 1.29 is 28.9 Å². The highest BCUT2D eigenvalue weighted by Gasteiger charge is 2.31. The number of methoxy groups -OCH3 is 1. The van der Waals surface area contributed by atoms with Gasteiger partial charge in [-0.2, -0.15) is 0 Å². The number of rotatable bonds is 9. The van der Waals surface area contributed by atoms with E-state index in [1.54, 1.807) is 7.11 Å². The molecule has 1 N–H and O–H groups in total. The molecule has 1 fully saturated rings. The third-order valence-corrected chi connectivity index (χ3v) is 6.29. The van der Waals surface area contributed by atoms with Crippen LogP contribution in [0.15, 0.2) is 11.6 Å². The van der Waals surface area contributed by atoms with Crippen LogP contribution in [0.3, 0.4) is 0 Å². The quantitative estimate of drug-likeness (QED) is 0.457. The van der Waals surface area contributed by atoms with Crippen LogP contribution < -0.4 is 4.74 Å². The largest absolute Gasteiger partial charge is 0.507 e. The zero-order chi connectivity index (χ0) is 23.3. The fourth-order valence-electron chi connectivity index (χ4n) is 4.14. The molecule has 0 aliphatic carbocycles. The minimum Gasteiger partial charge on any atom is -0.507 e. The zero-order valence-corrected chi connectivity index (χ0v) is 19.5. The maximum absolute atomic E-state index is 12.1. The molecule has 0 aromatic heterocycles. The Hall–Kier alpha value is -2.58. The molecule has 176 valence electrons. The molecule has 0 unspecified atom stereocenters. The summed E-state index contributed by atoms with van der Waals surface area (Å²) < 4.78 is 16.0. The minimum absolute atomic E-state index is 0.0858. The van der Waals surface area contributed by atoms with Gasteiger partial charge in [0.15, 0.2) is 0 Å². The molecule has 2 aliphatic heterocycles. The third kappa shape index (κ3) is 5.61. The van der Waals surface area contributed by atoms with Crippen LogP contribution in [0.1, 0.15) is 46.8 Å². The topological polar surface area (TPSA) is 88.5 Å². The van der Waals surface area contributed by atoms with Crippen molar-refractivity contribution in [2.24, 2.45) is 0 Å². The van der Waals surface area contributed by atoms with Crippen LogP contribution in [0.5, 0.6) is 11.5 Å². The van der Waals surface area contributed by atoms with Gasteiger partial charge in [0.25, 0.3) is 0 Å². The van der Waals surface area contributed by atoms with E-state index >= 15 is 0 Å². The molecular formula is C24H34N2O6. The monoisotopic (exact) mass is 446 g/mol. The second-order valence-electron chi connectivity index (χ2n) is 8.54. The van der Waals surface area contributed by atoms with E-state index in [0.29, 0.717) is 42.7 Å². The van der Waals surface area contributed by atoms with E-state index in [9.17, 15) is 14.7 Å². The van der Waals surface area contributed by atoms with Gasteiger partial charge in [0.1, 0.15) is 30.3 Å². The number of fused-ring (bicyclic) bond motifs is 1. The Balaban J connectivity index is 1.51. The number of phenols is 1. The first kappa shape index (κ1) is 24.1. The van der Waals surface area contributed by atoms with E-state index in [0.717, 1.165) is 43.9 Å². The molecule has 0 atom stereocenters. The Morgan fingerprint density at radius 2 is 1.94 bits per heavy atom. The molecule has 0 amide bonds. The lowest BCUT2D eigenvalue weighted by atomic mass is 9.94. The summed E-state index contributed by atoms with van der Waals surface area (Å²) in [5.74, 6) is -0.239. The number of hydrogen-bond acceptors (Lipinski definition) is 8. The van der Waals surface area contributed by atoms with E-state index < -0.39 is 5.97 Å². The lowest BCUT2D eigenvalue weighted by Gasteiger charge is -2.32. The molecule has 0 saturated carbocycles. The molecule has 32 heavy (non-hydrogen) atoms. The number of phenolic OH excluding ortho intramolecular Hbond substituents is 1. The SMILES string of the molecule is COc1c(C)c2c(c(O)c1CC=C(C)CCC(=O)OCCN1CCN(C)CC1)C(=O)OC2. The van der Waals surface area contributed by atoms with Crippen LogP contribution in [0, 0.1) is 6.92 Å². The zero-order valence-electron chi connectivity index (χ0n) is 19.5. The van der Waals surface area contributed by atoms with E-state index in [2.05, 4.69) is 16.8 Å². The molecule has 8 nitrogen and oxygen atoms in total. The molecule has 1 saturated heterocycles. The predicted octanol–water partition coefficient (Wildman–Crippen LogP) is 2.44. The highest BCUT2D eigenvalue weighted by Crippen LogP contribution is 2.42. The average molecular weight is 447 g/mol. The number of esters is 2. The van der Waals surface area contributed by atoms with Crippen molar-refractivity contribution >= 4 is 11.9 Å². The van der Waals surface area contributed by atoms with E-state index in [-0.39, 0.29) is 23.9 Å². The summed E-state index contributed by atoms with van der Waals surface area (Å²) in [6.45, 7) is 9.24. The smallest absolute Gasteiger partial charge is 0.342 e. The van der Waals surface area contributed by atoms with Gasteiger partial charge >= 0.3 is 11.9 Å². The molecule has 2 heterocycles. The van der Waals surface area contributed by atoms with Crippen LogP contribution in [-0.4, -0.2) is 80.3 Å². The summed E-state index contributed by atoms with van der Waals surface area (Å²) in [5.41, 5.74) is 3.26. The molecule has 2 aliphatic rings. The van der Waals surface area contributed by atoms with Gasteiger partial charge in [0, 0.05) is 50.3 Å². The van der Waals surface area contributed by atoms with Crippen molar-refractivity contribution in [2.45, 2.75) is 39.7 Å². The standard InChI is InChI=1S/C24H34N2O6/c1-16(6-8-20(27)31-14-13-26-11-9-25(3)10-12-26)5-7-18-22(28)21-19(15-32-24(21)29)17(2)23(18)30-4/h5,28H,6-15H2,1-4H3. The normalized spacial score (nSPS) is 17.2. The number of ether oxygens (including phenoxy) is 3. The Morgan fingerprint density at radius 3 is 2.62 bits per heavy atom. The number of carbonyl (C=O) groups is 2. The number of nitrogens with zero attached hydrogens (tertiary/aromatic N) is 2. The van der Waals surface area contributed by atoms with Crippen LogP contribution in [-0.2, 0) is 27.3 Å². The van der Waals surface area contributed by atoms with Crippen LogP contribution in [0.2, 0.25) is 0 Å². The third-order valence-electron chi connectivity index (χ3n) is 6.29. The summed E-state index contributed by atoms with van der Waals surface area (Å²) in [5, 5.41) is 10.7. The number of piperazine rings is 1. The number of benzene rings is 1. The Morgan fingerprint density at radius 1 is 1.22 bits per heavy atom. The van der Waals surface area contributed by atoms with Gasteiger partial charge in [-0.25, -0.2) is 4.79 Å². The number of carbonyl (C=O) groups excluding carboxylic acids is 2. The van der Waals surface area contributed by atoms with E-state index in [4.69, 9.17) is 14.2 Å². The van der Waals surface area contributed by atoms with Gasteiger partial charge in [-0.05, 0) is 39.3 Å². The Kier molecular flexibility index (Phi) is 8.15. The summed E-state index contributed by atoms with van der Waals surface area (Å²) in [6.07, 6.45) is 3.22. The molecule has 8 heteroatoms. The average Bonchev–Trinajstić information content (AvgIpc) is 3.17. The first-order valence-corrected chi connectivity index (χ1v) is 11.1. The van der Waals surface area contributed by atoms with Crippen LogP contribution in [0.4, 0.5) is 0 Å². The van der Waals surface area contributed by atoms with Crippen molar-refractivity contribution in [3.8, 4) is 11.5 Å². The van der Waals surface area contributed by atoms with Gasteiger partial charge < -0.3 is 24.2 Å². The highest BCUT2D eigenvalue weighted by atomic mass is 16.5. The van der Waals surface area contributed by atoms with Gasteiger partial charge in [-0.3, -0.25) is 9.69 Å². The van der Waals surface area contributed by atoms with Crippen molar-refractivity contribution in [3.63, 3.8) is 0 Å². The first-order chi connectivity index (χ1) is 15.3. The predicted molar refractivity (Wildman–Crippen MR) is 120 cm³/mol. The number of cyclic esters (lactones) is 1. The molecule has 3 rings (SSSR count). The summed E-state index contributed by atoms with van der Waals surface area (Å²) >= 11 is 0. The molecule has 0 bridgehead atoms. The van der Waals surface area contributed by atoms with Gasteiger partial charge in [0.2, 0.25) is 0 Å². The number of aromatic hydroxyl groups is 1. The second-order valence-corrected chi connectivity index (χ2v) is 8.54. The van der Waals surface area contributed by atoms with Crippen molar-refractivity contribution in [3.05, 3.63) is 33.9 Å². The molecule has 0 spiro atoms. The van der Waals surface area contributed by atoms with Gasteiger partial charge in [-0.1, -0.05) is 11.6 Å². The fraction of sp³-hybridized carbons (Fsp3) is 0.583. The number of likely N-dealkylation sites (N-methyl/N-ethyl adjacent to an activating group) is 1. The molecule has 1 aromatic rings. The van der Waals surface area contributed by atoms with Crippen molar-refractivity contribution in [2.75, 3.05) is 53.5 Å². The maximum Gasteiger partial charge on any atom is 0.342 e. The fourth-order valence-corrected chi connectivity index (χ4v) is 4.14. The van der Waals surface area contributed by atoms with Gasteiger partial charge in [-0.15, -0.1) is 0 Å². The van der Waals surface area contributed by atoms with Gasteiger partial charge in [0.05, 0.1) is 7.11 Å². The molecular weight excluding hydrogens is 412 g/mol. The van der Waals surface area contributed by atoms with Crippen molar-refractivity contribution in [1.82, 2.24) is 9.80 Å². The Bertz CT molecular complexity index is 887. The second kappa shape index (κ2) is 10.8. The Labute approximate surface area is 189 Å². The summed E-state index contributed by atoms with van der Waals surface area (Å²) in [7, 11) is 3.66. The van der Waals surface area contributed by atoms with E-state index in [1.807, 2.05) is 19.9 Å². The summed E-state index contributed by atoms with van der Waals surface area (Å²) in [4.78, 5) is 28.7. The number of allylic oxidation sites excluding steroid dienone is 2. The highest BCUT2D eigenvalue weighted by molar-refractivity contribution is 5.98. The molecule has 1 aromatic carbocycles. The molecule has 0 radical (unpaired) electrons. The lowest BCUT2D eigenvalue weighted by molar-refractivity contribution is -0.144. The summed E-state index contributed by atoms with van der Waals surface area (Å²) in [6, 6.07) is 0. The van der Waals surface area contributed by atoms with Crippen LogP contribution >= 0.6 is 0 Å². The van der Waals surface area contributed by atoms with Crippen molar-refractivity contribution in [1.29, 1.82) is 0 Å². The first-order valence-electron chi connectivity index (χ1n) is 11.1. The van der Waals surface area contributed by atoms with E-state index in [1.165, 1.54) is 0 Å². The van der Waals surface area contributed by atoms with Crippen LogP contribution in [0.25, 0.3) is 0 Å².